The first-order valence-electron chi connectivity index (χ1n) is 5.37. The van der Waals surface area contributed by atoms with Gasteiger partial charge in [0.25, 0.3) is 0 Å². The zero-order valence-electron chi connectivity index (χ0n) is 9.58. The zero-order valence-corrected chi connectivity index (χ0v) is 9.58. The minimum Gasteiger partial charge on any atom is -0.395 e. The first-order valence-corrected chi connectivity index (χ1v) is 5.37. The molecule has 92 valence electrons. The van der Waals surface area contributed by atoms with E-state index in [4.69, 9.17) is 15.9 Å². The van der Waals surface area contributed by atoms with Gasteiger partial charge in [-0.1, -0.05) is 0 Å². The third kappa shape index (κ3) is 3.28. The number of aliphatic hydroxyl groups excluding tert-OH is 2. The second-order valence-corrected chi connectivity index (χ2v) is 3.68. The molecule has 1 aromatic heterocycles. The van der Waals surface area contributed by atoms with Gasteiger partial charge in [-0.15, -0.1) is 0 Å². The molecule has 0 amide bonds. The Hall–Kier alpha value is -0.950. The van der Waals surface area contributed by atoms with Crippen molar-refractivity contribution in [3.05, 3.63) is 18.0 Å². The van der Waals surface area contributed by atoms with Gasteiger partial charge in [0, 0.05) is 38.4 Å². The van der Waals surface area contributed by atoms with Crippen LogP contribution in [-0.4, -0.2) is 57.7 Å². The molecule has 0 bridgehead atoms. The van der Waals surface area contributed by atoms with Crippen molar-refractivity contribution in [1.29, 1.82) is 0 Å². The lowest BCUT2D eigenvalue weighted by Crippen LogP contribution is -2.37. The molecule has 0 aliphatic rings. The van der Waals surface area contributed by atoms with Crippen LogP contribution in [0.25, 0.3) is 0 Å². The summed E-state index contributed by atoms with van der Waals surface area (Å²) in [6.07, 6.45) is 3.67. The molecule has 1 atom stereocenters. The second-order valence-electron chi connectivity index (χ2n) is 3.68. The predicted octanol–water partition coefficient (Wildman–Crippen LogP) is -1.29. The number of hydrogen-bond acceptors (Lipinski definition) is 5. The summed E-state index contributed by atoms with van der Waals surface area (Å²) < 4.78 is 1.72. The maximum absolute atomic E-state index is 8.97. The van der Waals surface area contributed by atoms with E-state index in [1.54, 1.807) is 10.9 Å². The highest BCUT2D eigenvalue weighted by Gasteiger charge is 2.19. The van der Waals surface area contributed by atoms with E-state index in [1.165, 1.54) is 0 Å². The molecule has 0 aliphatic heterocycles. The van der Waals surface area contributed by atoms with E-state index >= 15 is 0 Å². The Morgan fingerprint density at radius 2 is 2.06 bits per heavy atom. The van der Waals surface area contributed by atoms with E-state index in [-0.39, 0.29) is 19.3 Å². The number of nitrogens with two attached hydrogens (primary N) is 1. The largest absolute Gasteiger partial charge is 0.395 e. The van der Waals surface area contributed by atoms with E-state index < -0.39 is 0 Å². The number of nitrogens with zero attached hydrogens (tertiary/aromatic N) is 3. The first-order chi connectivity index (χ1) is 7.72. The lowest BCUT2D eigenvalue weighted by molar-refractivity contribution is 0.124. The van der Waals surface area contributed by atoms with Crippen LogP contribution in [0, 0.1) is 0 Å². The fraction of sp³-hybridized carbons (Fsp3) is 0.700. The Bertz CT molecular complexity index is 297. The van der Waals surface area contributed by atoms with Crippen molar-refractivity contribution in [3.63, 3.8) is 0 Å². The number of aromatic nitrogens is 2. The van der Waals surface area contributed by atoms with Crippen molar-refractivity contribution in [2.75, 3.05) is 32.8 Å². The Labute approximate surface area is 95.3 Å². The molecular weight excluding hydrogens is 208 g/mol. The normalized spacial score (nSPS) is 13.3. The van der Waals surface area contributed by atoms with Crippen LogP contribution in [-0.2, 0) is 7.05 Å². The molecular formula is C10H20N4O2. The Balaban J connectivity index is 2.76. The Morgan fingerprint density at radius 1 is 1.44 bits per heavy atom. The molecule has 4 N–H and O–H groups in total. The van der Waals surface area contributed by atoms with Crippen molar-refractivity contribution < 1.29 is 10.2 Å². The number of aliphatic hydroxyl groups is 2. The minimum atomic E-state index is -0.00648. The van der Waals surface area contributed by atoms with Crippen molar-refractivity contribution in [3.8, 4) is 0 Å². The smallest absolute Gasteiger partial charge is 0.0558 e. The summed E-state index contributed by atoms with van der Waals surface area (Å²) in [5.41, 5.74) is 6.74. The summed E-state index contributed by atoms with van der Waals surface area (Å²) in [7, 11) is 1.85. The van der Waals surface area contributed by atoms with Crippen molar-refractivity contribution in [2.45, 2.75) is 6.04 Å². The van der Waals surface area contributed by atoms with E-state index in [1.807, 2.05) is 18.1 Å². The summed E-state index contributed by atoms with van der Waals surface area (Å²) in [4.78, 5) is 1.96. The summed E-state index contributed by atoms with van der Waals surface area (Å²) >= 11 is 0. The van der Waals surface area contributed by atoms with Crippen LogP contribution in [0.5, 0.6) is 0 Å². The van der Waals surface area contributed by atoms with Crippen LogP contribution >= 0.6 is 0 Å². The van der Waals surface area contributed by atoms with Gasteiger partial charge >= 0.3 is 0 Å². The molecule has 0 spiro atoms. The highest BCUT2D eigenvalue weighted by Crippen LogP contribution is 2.18. The quantitative estimate of drug-likeness (QED) is 0.540. The topological polar surface area (TPSA) is 87.5 Å². The predicted molar refractivity (Wildman–Crippen MR) is 60.7 cm³/mol. The van der Waals surface area contributed by atoms with Gasteiger partial charge in [0.2, 0.25) is 0 Å². The molecule has 0 radical (unpaired) electrons. The highest BCUT2D eigenvalue weighted by atomic mass is 16.3. The third-order valence-electron chi connectivity index (χ3n) is 2.55. The monoisotopic (exact) mass is 228 g/mol. The van der Waals surface area contributed by atoms with Gasteiger partial charge in [-0.25, -0.2) is 0 Å². The molecule has 1 heterocycles. The fourth-order valence-electron chi connectivity index (χ4n) is 1.79. The summed E-state index contributed by atoms with van der Waals surface area (Å²) in [6.45, 7) is 1.54. The summed E-state index contributed by atoms with van der Waals surface area (Å²) in [6, 6.07) is -0.00648. The van der Waals surface area contributed by atoms with E-state index in [0.717, 1.165) is 5.56 Å². The summed E-state index contributed by atoms with van der Waals surface area (Å²) in [5.74, 6) is 0. The van der Waals surface area contributed by atoms with Gasteiger partial charge in [0.05, 0.1) is 25.5 Å². The molecule has 0 saturated carbocycles. The molecule has 0 fully saturated rings. The van der Waals surface area contributed by atoms with Crippen molar-refractivity contribution in [1.82, 2.24) is 14.7 Å². The second kappa shape index (κ2) is 6.59. The van der Waals surface area contributed by atoms with Gasteiger partial charge in [0.15, 0.2) is 0 Å². The van der Waals surface area contributed by atoms with Gasteiger partial charge in [0.1, 0.15) is 0 Å². The standard InChI is InChI=1S/C10H20N4O2/c1-13-8-9(7-12-13)10(6-11)14(2-4-15)3-5-16/h7-8,10,15-16H,2-6,11H2,1H3. The van der Waals surface area contributed by atoms with Crippen LogP contribution in [0.2, 0.25) is 0 Å². The van der Waals surface area contributed by atoms with Crippen LogP contribution in [0.4, 0.5) is 0 Å². The Kier molecular flexibility index (Phi) is 5.41. The summed E-state index contributed by atoms with van der Waals surface area (Å²) in [5, 5.41) is 22.0. The number of rotatable bonds is 7. The average Bonchev–Trinajstić information content (AvgIpc) is 2.67. The van der Waals surface area contributed by atoms with Crippen molar-refractivity contribution >= 4 is 0 Å². The van der Waals surface area contributed by atoms with Crippen LogP contribution < -0.4 is 5.73 Å². The maximum Gasteiger partial charge on any atom is 0.0558 e. The van der Waals surface area contributed by atoms with Gasteiger partial charge in [-0.3, -0.25) is 9.58 Å². The van der Waals surface area contributed by atoms with E-state index in [0.29, 0.717) is 19.6 Å². The molecule has 6 heteroatoms. The number of hydrogen-bond donors (Lipinski definition) is 3. The molecule has 0 aliphatic carbocycles. The molecule has 1 aromatic rings. The maximum atomic E-state index is 8.97. The van der Waals surface area contributed by atoms with Crippen LogP contribution in [0.1, 0.15) is 11.6 Å². The minimum absolute atomic E-state index is 0.00648. The molecule has 6 nitrogen and oxygen atoms in total. The van der Waals surface area contributed by atoms with Gasteiger partial charge in [-0.2, -0.15) is 5.10 Å². The average molecular weight is 228 g/mol. The zero-order chi connectivity index (χ0) is 12.0. The van der Waals surface area contributed by atoms with E-state index in [9.17, 15) is 0 Å². The fourth-order valence-corrected chi connectivity index (χ4v) is 1.79. The first kappa shape index (κ1) is 13.1. The van der Waals surface area contributed by atoms with Gasteiger partial charge in [-0.05, 0) is 0 Å². The van der Waals surface area contributed by atoms with Crippen molar-refractivity contribution in [2.24, 2.45) is 12.8 Å². The Morgan fingerprint density at radius 3 is 2.44 bits per heavy atom. The molecule has 1 rings (SSSR count). The molecule has 1 unspecified atom stereocenters. The highest BCUT2D eigenvalue weighted by molar-refractivity contribution is 5.11. The lowest BCUT2D eigenvalue weighted by atomic mass is 10.1. The van der Waals surface area contributed by atoms with Gasteiger partial charge < -0.3 is 15.9 Å². The molecule has 0 aromatic carbocycles. The molecule has 16 heavy (non-hydrogen) atoms. The lowest BCUT2D eigenvalue weighted by Gasteiger charge is -2.28. The SMILES string of the molecule is Cn1cc(C(CN)N(CCO)CCO)cn1. The molecule has 0 saturated heterocycles. The van der Waals surface area contributed by atoms with Crippen LogP contribution in [0.15, 0.2) is 12.4 Å². The van der Waals surface area contributed by atoms with Crippen LogP contribution in [0.3, 0.4) is 0 Å². The number of aryl methyl sites for hydroxylation is 1. The third-order valence-corrected chi connectivity index (χ3v) is 2.55. The van der Waals surface area contributed by atoms with E-state index in [2.05, 4.69) is 5.10 Å².